The van der Waals surface area contributed by atoms with E-state index >= 15 is 0 Å². The van der Waals surface area contributed by atoms with Crippen molar-refractivity contribution in [1.29, 1.82) is 0 Å². The molecule has 6 heteroatoms. The molecule has 3 rings (SSSR count). The third-order valence-corrected chi connectivity index (χ3v) is 7.15. The topological polar surface area (TPSA) is 66.5 Å². The van der Waals surface area contributed by atoms with Gasteiger partial charge in [-0.2, -0.15) is 0 Å². The van der Waals surface area contributed by atoms with Crippen molar-refractivity contribution in [2.75, 3.05) is 10.8 Å². The van der Waals surface area contributed by atoms with E-state index in [0.29, 0.717) is 11.6 Å². The minimum Gasteiger partial charge on any atom is -0.348 e. The van der Waals surface area contributed by atoms with Crippen LogP contribution in [-0.4, -0.2) is 20.9 Å². The van der Waals surface area contributed by atoms with Crippen molar-refractivity contribution in [1.82, 2.24) is 5.32 Å². The zero-order valence-electron chi connectivity index (χ0n) is 19.7. The van der Waals surface area contributed by atoms with E-state index in [1.165, 1.54) is 4.31 Å². The second-order valence-corrected chi connectivity index (χ2v) is 10.7. The Morgan fingerprint density at radius 2 is 1.42 bits per heavy atom. The molecule has 5 nitrogen and oxygen atoms in total. The van der Waals surface area contributed by atoms with Crippen LogP contribution in [0.4, 0.5) is 5.69 Å². The van der Waals surface area contributed by atoms with E-state index in [1.807, 2.05) is 50.2 Å². The Kier molecular flexibility index (Phi) is 7.92. The summed E-state index contributed by atoms with van der Waals surface area (Å²) in [7, 11) is -3.93. The first-order valence-corrected chi connectivity index (χ1v) is 12.6. The van der Waals surface area contributed by atoms with Crippen LogP contribution in [0.15, 0.2) is 83.8 Å². The van der Waals surface area contributed by atoms with Crippen LogP contribution < -0.4 is 9.62 Å². The minimum absolute atomic E-state index is 0.152. The van der Waals surface area contributed by atoms with Gasteiger partial charge in [-0.25, -0.2) is 8.42 Å². The Morgan fingerprint density at radius 3 is 1.97 bits per heavy atom. The van der Waals surface area contributed by atoms with Gasteiger partial charge in [0.1, 0.15) is 6.54 Å². The Morgan fingerprint density at radius 1 is 0.879 bits per heavy atom. The minimum atomic E-state index is -3.93. The zero-order chi connectivity index (χ0) is 24.0. The molecule has 33 heavy (non-hydrogen) atoms. The second kappa shape index (κ2) is 10.7. The van der Waals surface area contributed by atoms with E-state index in [1.54, 1.807) is 42.5 Å². The van der Waals surface area contributed by atoms with Crippen LogP contribution in [0.25, 0.3) is 0 Å². The lowest BCUT2D eigenvalue weighted by molar-refractivity contribution is -0.120. The van der Waals surface area contributed by atoms with Gasteiger partial charge in [-0.3, -0.25) is 9.10 Å². The molecule has 174 valence electrons. The predicted octanol–water partition coefficient (Wildman–Crippen LogP) is 5.40. The van der Waals surface area contributed by atoms with E-state index in [4.69, 9.17) is 0 Å². The lowest BCUT2D eigenvalue weighted by Crippen LogP contribution is -2.42. The maximum absolute atomic E-state index is 13.6. The normalized spacial score (nSPS) is 12.4. The Balaban J connectivity index is 1.95. The molecule has 0 heterocycles. The maximum Gasteiger partial charge on any atom is 0.264 e. The molecule has 0 saturated carbocycles. The quantitative estimate of drug-likeness (QED) is 0.461. The van der Waals surface area contributed by atoms with Gasteiger partial charge in [0, 0.05) is 0 Å². The summed E-state index contributed by atoms with van der Waals surface area (Å²) in [4.78, 5) is 13.4. The molecule has 0 aliphatic heterocycles. The van der Waals surface area contributed by atoms with Crippen LogP contribution in [0.3, 0.4) is 0 Å². The highest BCUT2D eigenvalue weighted by Crippen LogP contribution is 2.26. The first-order valence-electron chi connectivity index (χ1n) is 11.2. The number of benzene rings is 3. The maximum atomic E-state index is 13.6. The van der Waals surface area contributed by atoms with E-state index in [2.05, 4.69) is 19.2 Å². The average molecular weight is 465 g/mol. The average Bonchev–Trinajstić information content (AvgIpc) is 2.77. The fourth-order valence-electron chi connectivity index (χ4n) is 3.93. The summed E-state index contributed by atoms with van der Waals surface area (Å²) in [5.74, 6) is 0.0160. The van der Waals surface area contributed by atoms with Crippen molar-refractivity contribution in [3.8, 4) is 0 Å². The first-order chi connectivity index (χ1) is 15.7. The number of nitrogens with one attached hydrogen (secondary N) is 1. The van der Waals surface area contributed by atoms with Gasteiger partial charge in [0.05, 0.1) is 16.6 Å². The van der Waals surface area contributed by atoms with Crippen LogP contribution in [-0.2, 0) is 14.8 Å². The third kappa shape index (κ3) is 6.45. The highest BCUT2D eigenvalue weighted by molar-refractivity contribution is 7.92. The van der Waals surface area contributed by atoms with Crippen LogP contribution in [0.5, 0.6) is 0 Å². The Labute approximate surface area is 197 Å². The standard InChI is InChI=1S/C27H32N2O3S/c1-20(2)15-26(23-11-7-5-8-12-23)28-27(30)19-29(24-17-21(3)16-22(4)18-24)33(31,32)25-13-9-6-10-14-25/h5-14,16-18,20,26H,15,19H2,1-4H3,(H,28,30). The van der Waals surface area contributed by atoms with E-state index in [0.717, 1.165) is 23.1 Å². The molecule has 0 aliphatic carbocycles. The molecule has 1 atom stereocenters. The van der Waals surface area contributed by atoms with Gasteiger partial charge in [0.25, 0.3) is 10.0 Å². The molecule has 0 spiro atoms. The number of amides is 1. The van der Waals surface area contributed by atoms with Crippen LogP contribution in [0.2, 0.25) is 0 Å². The number of carbonyl (C=O) groups is 1. The summed E-state index contributed by atoms with van der Waals surface area (Å²) >= 11 is 0. The molecule has 3 aromatic carbocycles. The van der Waals surface area contributed by atoms with Gasteiger partial charge < -0.3 is 5.32 Å². The number of aryl methyl sites for hydroxylation is 2. The predicted molar refractivity (Wildman–Crippen MR) is 134 cm³/mol. The smallest absolute Gasteiger partial charge is 0.264 e. The molecule has 0 aromatic heterocycles. The first kappa shape index (κ1) is 24.5. The molecular weight excluding hydrogens is 432 g/mol. The van der Waals surface area contributed by atoms with Gasteiger partial charge in [-0.1, -0.05) is 68.4 Å². The van der Waals surface area contributed by atoms with E-state index in [9.17, 15) is 13.2 Å². The third-order valence-electron chi connectivity index (χ3n) is 5.36. The molecule has 1 unspecified atom stereocenters. The summed E-state index contributed by atoms with van der Waals surface area (Å²) in [5.41, 5.74) is 3.34. The molecule has 0 radical (unpaired) electrons. The van der Waals surface area contributed by atoms with Crippen molar-refractivity contribution < 1.29 is 13.2 Å². The summed E-state index contributed by atoms with van der Waals surface area (Å²) in [5, 5.41) is 3.07. The van der Waals surface area contributed by atoms with Crippen LogP contribution >= 0.6 is 0 Å². The van der Waals surface area contributed by atoms with Crippen molar-refractivity contribution in [2.24, 2.45) is 5.92 Å². The van der Waals surface area contributed by atoms with Gasteiger partial charge in [0.15, 0.2) is 0 Å². The van der Waals surface area contributed by atoms with Gasteiger partial charge in [0.2, 0.25) is 5.91 Å². The van der Waals surface area contributed by atoms with Crippen LogP contribution in [0, 0.1) is 19.8 Å². The lowest BCUT2D eigenvalue weighted by Gasteiger charge is -2.27. The number of rotatable bonds is 9. The Bertz CT molecular complexity index is 1160. The highest BCUT2D eigenvalue weighted by Gasteiger charge is 2.28. The van der Waals surface area contributed by atoms with E-state index in [-0.39, 0.29) is 23.4 Å². The molecule has 1 amide bonds. The zero-order valence-corrected chi connectivity index (χ0v) is 20.5. The number of nitrogens with zero attached hydrogens (tertiary/aromatic N) is 1. The number of anilines is 1. The van der Waals surface area contributed by atoms with Crippen molar-refractivity contribution in [3.63, 3.8) is 0 Å². The fraction of sp³-hybridized carbons (Fsp3) is 0.296. The Hall–Kier alpha value is -3.12. The molecule has 0 saturated heterocycles. The van der Waals surface area contributed by atoms with Gasteiger partial charge in [-0.15, -0.1) is 0 Å². The number of hydrogen-bond acceptors (Lipinski definition) is 3. The number of hydrogen-bond donors (Lipinski definition) is 1. The summed E-state index contributed by atoms with van der Waals surface area (Å²) in [6.45, 7) is 7.73. The molecule has 0 aliphatic rings. The molecule has 0 bridgehead atoms. The second-order valence-electron chi connectivity index (χ2n) is 8.83. The molecule has 0 fully saturated rings. The largest absolute Gasteiger partial charge is 0.348 e. The molecule has 1 N–H and O–H groups in total. The highest BCUT2D eigenvalue weighted by atomic mass is 32.2. The summed E-state index contributed by atoms with van der Waals surface area (Å²) in [6.07, 6.45) is 0.755. The summed E-state index contributed by atoms with van der Waals surface area (Å²) < 4.78 is 28.3. The molecular formula is C27H32N2O3S. The molecule has 3 aromatic rings. The van der Waals surface area contributed by atoms with E-state index < -0.39 is 10.0 Å². The lowest BCUT2D eigenvalue weighted by atomic mass is 9.97. The number of carbonyl (C=O) groups excluding carboxylic acids is 1. The summed E-state index contributed by atoms with van der Waals surface area (Å²) in [6, 6.07) is 23.4. The fourth-order valence-corrected chi connectivity index (χ4v) is 5.36. The number of sulfonamides is 1. The monoisotopic (exact) mass is 464 g/mol. The van der Waals surface area contributed by atoms with Crippen molar-refractivity contribution in [2.45, 2.75) is 45.1 Å². The van der Waals surface area contributed by atoms with Crippen LogP contribution in [0.1, 0.15) is 43.0 Å². The van der Waals surface area contributed by atoms with Gasteiger partial charge in [-0.05, 0) is 67.1 Å². The SMILES string of the molecule is Cc1cc(C)cc(N(CC(=O)NC(CC(C)C)c2ccccc2)S(=O)(=O)c2ccccc2)c1. The van der Waals surface area contributed by atoms with Crippen molar-refractivity contribution in [3.05, 3.63) is 95.6 Å². The van der Waals surface area contributed by atoms with Crippen molar-refractivity contribution >= 4 is 21.6 Å². The van der Waals surface area contributed by atoms with Gasteiger partial charge >= 0.3 is 0 Å².